The molecule has 0 spiro atoms. The van der Waals surface area contributed by atoms with Crippen LogP contribution in [0.1, 0.15) is 36.8 Å². The number of carbonyl (C=O) groups is 2. The average molecular weight is 462 g/mol. The summed E-state index contributed by atoms with van der Waals surface area (Å²) in [5.41, 5.74) is 1.15. The Morgan fingerprint density at radius 3 is 2.50 bits per heavy atom. The van der Waals surface area contributed by atoms with Gasteiger partial charge >= 0.3 is 11.8 Å². The highest BCUT2D eigenvalue weighted by atomic mass is 32.2. The van der Waals surface area contributed by atoms with Crippen molar-refractivity contribution in [2.45, 2.75) is 50.1 Å². The number of benzene rings is 2. The monoisotopic (exact) mass is 461 g/mol. The fourth-order valence-electron chi connectivity index (χ4n) is 3.78. The SMILES string of the molecule is Cc1cc(S(=O)(=O)N2CCCC[C@@H]2CCNC(=O)C(=O)NCc2ccccc2)ccc1F. The number of hydrogen-bond acceptors (Lipinski definition) is 4. The number of nitrogens with zero attached hydrogens (tertiary/aromatic N) is 1. The van der Waals surface area contributed by atoms with Crippen LogP contribution in [-0.4, -0.2) is 43.7 Å². The molecule has 0 aromatic heterocycles. The van der Waals surface area contributed by atoms with E-state index in [1.807, 2.05) is 30.3 Å². The van der Waals surface area contributed by atoms with Gasteiger partial charge in [0.15, 0.2) is 0 Å². The van der Waals surface area contributed by atoms with Crippen molar-refractivity contribution in [3.05, 3.63) is 65.5 Å². The number of halogens is 1. The molecule has 0 unspecified atom stereocenters. The van der Waals surface area contributed by atoms with Crippen molar-refractivity contribution in [2.24, 2.45) is 0 Å². The molecule has 172 valence electrons. The largest absolute Gasteiger partial charge is 0.348 e. The summed E-state index contributed by atoms with van der Waals surface area (Å²) in [6, 6.07) is 12.7. The Hall–Kier alpha value is -2.78. The molecule has 1 saturated heterocycles. The van der Waals surface area contributed by atoms with Crippen molar-refractivity contribution in [2.75, 3.05) is 13.1 Å². The van der Waals surface area contributed by atoms with E-state index >= 15 is 0 Å². The van der Waals surface area contributed by atoms with Gasteiger partial charge in [-0.25, -0.2) is 12.8 Å². The molecule has 32 heavy (non-hydrogen) atoms. The molecule has 9 heteroatoms. The maximum Gasteiger partial charge on any atom is 0.309 e. The molecule has 1 aliphatic heterocycles. The maximum atomic E-state index is 13.6. The molecule has 1 fully saturated rings. The van der Waals surface area contributed by atoms with Crippen molar-refractivity contribution in [1.82, 2.24) is 14.9 Å². The van der Waals surface area contributed by atoms with Crippen LogP contribution in [0.15, 0.2) is 53.4 Å². The number of sulfonamides is 1. The first-order valence-corrected chi connectivity index (χ1v) is 12.1. The van der Waals surface area contributed by atoms with Gasteiger partial charge in [-0.1, -0.05) is 36.8 Å². The Labute approximate surface area is 188 Å². The summed E-state index contributed by atoms with van der Waals surface area (Å²) in [7, 11) is -3.78. The van der Waals surface area contributed by atoms with Crippen LogP contribution in [0.5, 0.6) is 0 Å². The molecule has 2 N–H and O–H groups in total. The molecule has 2 aromatic rings. The summed E-state index contributed by atoms with van der Waals surface area (Å²) in [5, 5.41) is 5.14. The van der Waals surface area contributed by atoms with Gasteiger partial charge in [-0.3, -0.25) is 9.59 Å². The highest BCUT2D eigenvalue weighted by molar-refractivity contribution is 7.89. The highest BCUT2D eigenvalue weighted by Gasteiger charge is 2.33. The molecular weight excluding hydrogens is 433 g/mol. The third-order valence-corrected chi connectivity index (χ3v) is 7.52. The molecule has 1 atom stereocenters. The number of piperidine rings is 1. The zero-order chi connectivity index (χ0) is 23.1. The molecular formula is C23H28FN3O4S. The smallest absolute Gasteiger partial charge is 0.309 e. The lowest BCUT2D eigenvalue weighted by Crippen LogP contribution is -2.46. The zero-order valence-electron chi connectivity index (χ0n) is 18.0. The summed E-state index contributed by atoms with van der Waals surface area (Å²) in [5.74, 6) is -1.93. The number of aryl methyl sites for hydroxylation is 1. The highest BCUT2D eigenvalue weighted by Crippen LogP contribution is 2.27. The van der Waals surface area contributed by atoms with Gasteiger partial charge in [0.1, 0.15) is 5.82 Å². The van der Waals surface area contributed by atoms with Gasteiger partial charge in [0, 0.05) is 25.7 Å². The predicted molar refractivity (Wildman–Crippen MR) is 119 cm³/mol. The molecule has 2 aromatic carbocycles. The third-order valence-electron chi connectivity index (χ3n) is 5.57. The average Bonchev–Trinajstić information content (AvgIpc) is 2.80. The molecule has 0 aliphatic carbocycles. The third kappa shape index (κ3) is 5.92. The van der Waals surface area contributed by atoms with E-state index in [0.717, 1.165) is 24.5 Å². The minimum atomic E-state index is -3.78. The van der Waals surface area contributed by atoms with Crippen molar-refractivity contribution in [3.63, 3.8) is 0 Å². The number of amides is 2. The van der Waals surface area contributed by atoms with E-state index in [2.05, 4.69) is 10.6 Å². The topological polar surface area (TPSA) is 95.6 Å². The van der Waals surface area contributed by atoms with Crippen molar-refractivity contribution in [1.29, 1.82) is 0 Å². The Morgan fingerprint density at radius 2 is 1.78 bits per heavy atom. The first-order valence-electron chi connectivity index (χ1n) is 10.7. The summed E-state index contributed by atoms with van der Waals surface area (Å²) >= 11 is 0. The van der Waals surface area contributed by atoms with E-state index in [9.17, 15) is 22.4 Å². The minimum absolute atomic E-state index is 0.0626. The van der Waals surface area contributed by atoms with Crippen molar-refractivity contribution in [3.8, 4) is 0 Å². The van der Waals surface area contributed by atoms with Crippen molar-refractivity contribution < 1.29 is 22.4 Å². The van der Waals surface area contributed by atoms with E-state index in [1.165, 1.54) is 23.4 Å². The van der Waals surface area contributed by atoms with Gasteiger partial charge in [0.2, 0.25) is 10.0 Å². The summed E-state index contributed by atoms with van der Waals surface area (Å²) in [4.78, 5) is 24.2. The lowest BCUT2D eigenvalue weighted by Gasteiger charge is -2.34. The van der Waals surface area contributed by atoms with Crippen LogP contribution < -0.4 is 10.6 Å². The Kier molecular flexibility index (Phi) is 7.98. The van der Waals surface area contributed by atoms with Crippen LogP contribution in [0.3, 0.4) is 0 Å². The van der Waals surface area contributed by atoms with Gasteiger partial charge in [-0.05, 0) is 55.5 Å². The second kappa shape index (κ2) is 10.7. The van der Waals surface area contributed by atoms with Crippen LogP contribution in [0.4, 0.5) is 4.39 Å². The number of hydrogen-bond donors (Lipinski definition) is 2. The first-order chi connectivity index (χ1) is 15.3. The molecule has 1 aliphatic rings. The summed E-state index contributed by atoms with van der Waals surface area (Å²) < 4.78 is 41.3. The maximum absolute atomic E-state index is 13.6. The van der Waals surface area contributed by atoms with Crippen LogP contribution >= 0.6 is 0 Å². The Balaban J connectivity index is 1.55. The number of rotatable bonds is 7. The first kappa shape index (κ1) is 23.9. The van der Waals surface area contributed by atoms with Gasteiger partial charge in [-0.15, -0.1) is 0 Å². The van der Waals surface area contributed by atoms with Crippen LogP contribution in [0.2, 0.25) is 0 Å². The second-order valence-corrected chi connectivity index (χ2v) is 9.78. The van der Waals surface area contributed by atoms with Gasteiger partial charge in [0.05, 0.1) is 4.90 Å². The fraction of sp³-hybridized carbons (Fsp3) is 0.391. The summed E-state index contributed by atoms with van der Waals surface area (Å²) in [6.07, 6.45) is 2.67. The van der Waals surface area contributed by atoms with Crippen molar-refractivity contribution >= 4 is 21.8 Å². The Morgan fingerprint density at radius 1 is 1.06 bits per heavy atom. The molecule has 1 heterocycles. The molecule has 7 nitrogen and oxygen atoms in total. The number of nitrogens with one attached hydrogen (secondary N) is 2. The quantitative estimate of drug-likeness (QED) is 0.620. The van der Waals surface area contributed by atoms with Crippen LogP contribution in [0, 0.1) is 12.7 Å². The number of carbonyl (C=O) groups excluding carboxylic acids is 2. The van der Waals surface area contributed by atoms with E-state index in [4.69, 9.17) is 0 Å². The fourth-order valence-corrected chi connectivity index (χ4v) is 5.59. The molecule has 0 saturated carbocycles. The van der Waals surface area contributed by atoms with E-state index in [0.29, 0.717) is 19.4 Å². The molecule has 2 amide bonds. The predicted octanol–water partition coefficient (Wildman–Crippen LogP) is 2.50. The second-order valence-electron chi connectivity index (χ2n) is 7.89. The molecule has 3 rings (SSSR count). The van der Waals surface area contributed by atoms with Gasteiger partial charge < -0.3 is 10.6 Å². The standard InChI is InChI=1S/C23H28FN3O4S/c1-17-15-20(10-11-21(17)24)32(30,31)27-14-6-5-9-19(27)12-13-25-22(28)23(29)26-16-18-7-3-2-4-8-18/h2-4,7-8,10-11,15,19H,5-6,9,12-14,16H2,1H3,(H,25,28)(H,26,29)/t19-/m1/s1. The van der Waals surface area contributed by atoms with Crippen LogP contribution in [0.25, 0.3) is 0 Å². The van der Waals surface area contributed by atoms with E-state index < -0.39 is 27.7 Å². The molecule has 0 bridgehead atoms. The lowest BCUT2D eigenvalue weighted by molar-refractivity contribution is -0.139. The molecule has 0 radical (unpaired) electrons. The van der Waals surface area contributed by atoms with Crippen LogP contribution in [-0.2, 0) is 26.2 Å². The van der Waals surface area contributed by atoms with E-state index in [1.54, 1.807) is 0 Å². The zero-order valence-corrected chi connectivity index (χ0v) is 18.8. The summed E-state index contributed by atoms with van der Waals surface area (Å²) in [6.45, 7) is 2.32. The normalized spacial score (nSPS) is 17.0. The van der Waals surface area contributed by atoms with Gasteiger partial charge in [-0.2, -0.15) is 4.31 Å². The lowest BCUT2D eigenvalue weighted by atomic mass is 10.0. The minimum Gasteiger partial charge on any atom is -0.348 e. The van der Waals surface area contributed by atoms with E-state index in [-0.39, 0.29) is 29.6 Å². The van der Waals surface area contributed by atoms with Gasteiger partial charge in [0.25, 0.3) is 0 Å². The Bertz CT molecular complexity index is 1060.